The Labute approximate surface area is 118 Å². The van der Waals surface area contributed by atoms with Crippen LogP contribution in [-0.4, -0.2) is 43.8 Å². The van der Waals surface area contributed by atoms with Crippen LogP contribution in [0.4, 0.5) is 0 Å². The summed E-state index contributed by atoms with van der Waals surface area (Å²) in [5.41, 5.74) is 6.53. The molecule has 0 bridgehead atoms. The van der Waals surface area contributed by atoms with Gasteiger partial charge < -0.3 is 15.4 Å². The van der Waals surface area contributed by atoms with Gasteiger partial charge in [0, 0.05) is 26.2 Å². The topological polar surface area (TPSA) is 38.5 Å². The maximum absolute atomic E-state index is 6.12. The van der Waals surface area contributed by atoms with Crippen molar-refractivity contribution in [2.24, 2.45) is 17.1 Å². The number of hydrogen-bond donors (Lipinski definition) is 1. The van der Waals surface area contributed by atoms with Gasteiger partial charge in [-0.2, -0.15) is 0 Å². The largest absolute Gasteiger partial charge is 0.378 e. The third-order valence-electron chi connectivity index (χ3n) is 5.26. The first-order valence-electron chi connectivity index (χ1n) is 8.21. The lowest BCUT2D eigenvalue weighted by atomic mass is 9.70. The number of nitrogens with zero attached hydrogens (tertiary/aromatic N) is 1. The Bertz CT molecular complexity index is 253. The fourth-order valence-corrected chi connectivity index (χ4v) is 3.75. The smallest absolute Gasteiger partial charge is 0.0599 e. The first-order valence-corrected chi connectivity index (χ1v) is 8.21. The minimum absolute atomic E-state index is 0.408. The first-order chi connectivity index (χ1) is 9.17. The summed E-state index contributed by atoms with van der Waals surface area (Å²) in [6.45, 7) is 9.81. The second kappa shape index (κ2) is 7.05. The fraction of sp³-hybridized carbons (Fsp3) is 1.00. The van der Waals surface area contributed by atoms with Crippen molar-refractivity contribution in [1.29, 1.82) is 0 Å². The molecule has 0 unspecified atom stereocenters. The summed E-state index contributed by atoms with van der Waals surface area (Å²) in [5.74, 6) is 0.906. The molecule has 1 saturated heterocycles. The summed E-state index contributed by atoms with van der Waals surface area (Å²) in [7, 11) is 0. The first kappa shape index (κ1) is 15.3. The highest BCUT2D eigenvalue weighted by atomic mass is 16.5. The second-order valence-electron chi connectivity index (χ2n) is 6.82. The SMILES string of the molecule is CCOC1CCN(CC2(CN)CCC(C)CC2)CC1. The molecule has 2 aliphatic rings. The maximum atomic E-state index is 6.12. The van der Waals surface area contributed by atoms with E-state index in [1.807, 2.05) is 0 Å². The van der Waals surface area contributed by atoms with Gasteiger partial charge in [0.2, 0.25) is 0 Å². The fourth-order valence-electron chi connectivity index (χ4n) is 3.75. The second-order valence-corrected chi connectivity index (χ2v) is 6.82. The van der Waals surface area contributed by atoms with Crippen LogP contribution in [0.5, 0.6) is 0 Å². The highest BCUT2D eigenvalue weighted by Gasteiger charge is 2.35. The Hall–Kier alpha value is -0.120. The van der Waals surface area contributed by atoms with Crippen LogP contribution in [-0.2, 0) is 4.74 Å². The Morgan fingerprint density at radius 3 is 2.32 bits per heavy atom. The van der Waals surface area contributed by atoms with Crippen LogP contribution in [0.2, 0.25) is 0 Å². The third-order valence-corrected chi connectivity index (χ3v) is 5.26. The number of ether oxygens (including phenoxy) is 1. The van der Waals surface area contributed by atoms with Crippen molar-refractivity contribution in [2.45, 2.75) is 58.5 Å². The van der Waals surface area contributed by atoms with Gasteiger partial charge in [0.1, 0.15) is 0 Å². The molecule has 0 aromatic rings. The van der Waals surface area contributed by atoms with Gasteiger partial charge in [0.15, 0.2) is 0 Å². The van der Waals surface area contributed by atoms with E-state index in [0.29, 0.717) is 11.5 Å². The van der Waals surface area contributed by atoms with Crippen LogP contribution in [0.15, 0.2) is 0 Å². The Morgan fingerprint density at radius 1 is 1.16 bits per heavy atom. The van der Waals surface area contributed by atoms with Crippen LogP contribution in [0.25, 0.3) is 0 Å². The minimum Gasteiger partial charge on any atom is -0.378 e. The molecule has 0 spiro atoms. The van der Waals surface area contributed by atoms with Crippen LogP contribution in [0.1, 0.15) is 52.4 Å². The molecule has 3 heteroatoms. The number of rotatable bonds is 5. The molecule has 0 radical (unpaired) electrons. The molecular weight excluding hydrogens is 236 g/mol. The molecule has 2 N–H and O–H groups in total. The zero-order valence-corrected chi connectivity index (χ0v) is 12.9. The Kier molecular flexibility index (Phi) is 5.67. The standard InChI is InChI=1S/C16H32N2O/c1-3-19-15-6-10-18(11-7-15)13-16(12-17)8-4-14(2)5-9-16/h14-15H,3-13,17H2,1-2H3. The minimum atomic E-state index is 0.408. The molecule has 1 aliphatic heterocycles. The van der Waals surface area contributed by atoms with Crippen molar-refractivity contribution in [2.75, 3.05) is 32.8 Å². The van der Waals surface area contributed by atoms with E-state index < -0.39 is 0 Å². The predicted octanol–water partition coefficient (Wildman–Crippen LogP) is 2.64. The van der Waals surface area contributed by atoms with Crippen molar-refractivity contribution in [3.05, 3.63) is 0 Å². The molecule has 0 aromatic carbocycles. The van der Waals surface area contributed by atoms with Gasteiger partial charge in [-0.15, -0.1) is 0 Å². The van der Waals surface area contributed by atoms with Crippen LogP contribution in [0, 0.1) is 11.3 Å². The summed E-state index contributed by atoms with van der Waals surface area (Å²) in [6.07, 6.45) is 8.29. The zero-order valence-electron chi connectivity index (χ0n) is 12.9. The van der Waals surface area contributed by atoms with E-state index in [1.165, 1.54) is 58.2 Å². The third kappa shape index (κ3) is 4.17. The highest BCUT2D eigenvalue weighted by molar-refractivity contribution is 4.89. The Balaban J connectivity index is 1.80. The lowest BCUT2D eigenvalue weighted by Crippen LogP contribution is -2.48. The zero-order chi connectivity index (χ0) is 13.7. The van der Waals surface area contributed by atoms with Crippen molar-refractivity contribution >= 4 is 0 Å². The molecule has 3 nitrogen and oxygen atoms in total. The molecule has 112 valence electrons. The van der Waals surface area contributed by atoms with Gasteiger partial charge >= 0.3 is 0 Å². The van der Waals surface area contributed by atoms with E-state index >= 15 is 0 Å². The number of hydrogen-bond acceptors (Lipinski definition) is 3. The summed E-state index contributed by atoms with van der Waals surface area (Å²) in [6, 6.07) is 0. The summed E-state index contributed by atoms with van der Waals surface area (Å²) < 4.78 is 5.74. The average molecular weight is 268 g/mol. The van der Waals surface area contributed by atoms with Crippen molar-refractivity contribution in [3.63, 3.8) is 0 Å². The van der Waals surface area contributed by atoms with Gasteiger partial charge in [0.25, 0.3) is 0 Å². The molecule has 0 aromatic heterocycles. The molecule has 2 rings (SSSR count). The van der Waals surface area contributed by atoms with E-state index in [2.05, 4.69) is 18.7 Å². The lowest BCUT2D eigenvalue weighted by molar-refractivity contribution is -0.00126. The van der Waals surface area contributed by atoms with E-state index in [-0.39, 0.29) is 0 Å². The molecule has 0 amide bonds. The molecule has 0 atom stereocenters. The predicted molar refractivity (Wildman–Crippen MR) is 80.2 cm³/mol. The van der Waals surface area contributed by atoms with E-state index in [0.717, 1.165) is 19.1 Å². The summed E-state index contributed by atoms with van der Waals surface area (Å²) in [5, 5.41) is 0. The maximum Gasteiger partial charge on any atom is 0.0599 e. The van der Waals surface area contributed by atoms with Gasteiger partial charge in [-0.05, 0) is 50.5 Å². The van der Waals surface area contributed by atoms with Gasteiger partial charge in [-0.1, -0.05) is 19.8 Å². The average Bonchev–Trinajstić information content (AvgIpc) is 2.44. The van der Waals surface area contributed by atoms with Crippen LogP contribution < -0.4 is 5.73 Å². The van der Waals surface area contributed by atoms with Crippen molar-refractivity contribution in [1.82, 2.24) is 4.90 Å². The summed E-state index contributed by atoms with van der Waals surface area (Å²) >= 11 is 0. The highest BCUT2D eigenvalue weighted by Crippen LogP contribution is 2.39. The molecule has 1 aliphatic carbocycles. The number of likely N-dealkylation sites (tertiary alicyclic amines) is 1. The van der Waals surface area contributed by atoms with E-state index in [1.54, 1.807) is 0 Å². The number of nitrogens with two attached hydrogens (primary N) is 1. The Morgan fingerprint density at radius 2 is 1.79 bits per heavy atom. The van der Waals surface area contributed by atoms with Crippen molar-refractivity contribution in [3.8, 4) is 0 Å². The van der Waals surface area contributed by atoms with Gasteiger partial charge in [-0.3, -0.25) is 0 Å². The monoisotopic (exact) mass is 268 g/mol. The van der Waals surface area contributed by atoms with Gasteiger partial charge in [0.05, 0.1) is 6.10 Å². The summed E-state index contributed by atoms with van der Waals surface area (Å²) in [4.78, 5) is 2.64. The van der Waals surface area contributed by atoms with E-state index in [4.69, 9.17) is 10.5 Å². The molecule has 19 heavy (non-hydrogen) atoms. The van der Waals surface area contributed by atoms with Crippen molar-refractivity contribution < 1.29 is 4.74 Å². The molecule has 1 saturated carbocycles. The number of piperidine rings is 1. The molecule has 1 heterocycles. The lowest BCUT2D eigenvalue weighted by Gasteiger charge is -2.43. The van der Waals surface area contributed by atoms with Crippen LogP contribution >= 0.6 is 0 Å². The molecule has 2 fully saturated rings. The van der Waals surface area contributed by atoms with Gasteiger partial charge in [-0.25, -0.2) is 0 Å². The van der Waals surface area contributed by atoms with E-state index in [9.17, 15) is 0 Å². The quantitative estimate of drug-likeness (QED) is 0.833. The van der Waals surface area contributed by atoms with Crippen LogP contribution in [0.3, 0.4) is 0 Å². The molecular formula is C16H32N2O. The normalized spacial score (nSPS) is 34.6.